The molecule has 0 saturated heterocycles. The molecule has 0 aliphatic heterocycles. The van der Waals surface area contributed by atoms with Crippen molar-refractivity contribution >= 4 is 42.5 Å². The van der Waals surface area contributed by atoms with E-state index in [1.54, 1.807) is 0 Å². The highest BCUT2D eigenvalue weighted by Gasteiger charge is 2.18. The zero-order chi connectivity index (χ0) is 15.8. The molecule has 17 heavy (non-hydrogen) atoms. The molecule has 1 atom stereocenters. The van der Waals surface area contributed by atoms with Crippen LogP contribution in [0.1, 0.15) is 22.3 Å². The van der Waals surface area contributed by atoms with Crippen LogP contribution in [-0.2, 0) is 4.79 Å². The Labute approximate surface area is 116 Å². The molecule has 1 aromatic carbocycles. The average Bonchev–Trinajstić information content (AvgIpc) is 2.33. The number of Topliss-reactive ketones (excluding diaryl/α,β-unsaturated/α-hetero) is 1. The van der Waals surface area contributed by atoms with Crippen LogP contribution in [0.2, 0.25) is 5.02 Å². The van der Waals surface area contributed by atoms with Gasteiger partial charge in [0.05, 0.1) is 5.48 Å². The summed E-state index contributed by atoms with van der Waals surface area (Å²) in [6.07, 6.45) is -0.946. The number of hydrogen-bond acceptors (Lipinski definition) is 4. The van der Waals surface area contributed by atoms with E-state index in [1.165, 1.54) is 0 Å². The van der Waals surface area contributed by atoms with Crippen molar-refractivity contribution in [3.8, 4) is 0 Å². The summed E-state index contributed by atoms with van der Waals surface area (Å²) < 4.78 is 29.9. The van der Waals surface area contributed by atoms with E-state index in [2.05, 4.69) is 0 Å². The normalized spacial score (nSPS) is 16.6. The number of nitrogens with two attached hydrogens (primary N) is 2. The van der Waals surface area contributed by atoms with E-state index in [9.17, 15) is 9.59 Å². The van der Waals surface area contributed by atoms with E-state index in [-0.39, 0.29) is 18.5 Å². The number of aliphatic carboxylic acids is 1. The fourth-order valence-electron chi connectivity index (χ4n) is 0.954. The summed E-state index contributed by atoms with van der Waals surface area (Å²) >= 11 is 5.61. The molecule has 0 unspecified atom stereocenters. The van der Waals surface area contributed by atoms with Crippen molar-refractivity contribution in [2.75, 3.05) is 5.73 Å². The molecule has 0 spiro atoms. The zero-order valence-corrected chi connectivity index (χ0v) is 10.3. The molecule has 5 N–H and O–H groups in total. The van der Waals surface area contributed by atoms with Crippen molar-refractivity contribution in [1.29, 1.82) is 0 Å². The lowest BCUT2D eigenvalue weighted by Gasteiger charge is -2.07. The fraction of sp³-hybridized carbons (Fsp3) is 0.200. The topological polar surface area (TPSA) is 106 Å². The lowest BCUT2D eigenvalue weighted by Crippen LogP contribution is -2.32. The first kappa shape index (κ1) is 9.76. The van der Waals surface area contributed by atoms with Crippen LogP contribution in [0.5, 0.6) is 0 Å². The third-order valence-corrected chi connectivity index (χ3v) is 1.90. The van der Waals surface area contributed by atoms with Crippen molar-refractivity contribution in [2.24, 2.45) is 5.73 Å². The highest BCUT2D eigenvalue weighted by atomic mass is 35.5. The Kier molecular flexibility index (Phi) is 3.72. The molecule has 0 radical (unpaired) electrons. The van der Waals surface area contributed by atoms with E-state index in [0.717, 1.165) is 0 Å². The number of carboxylic acid groups (broad SMARTS) is 1. The molecule has 5 nitrogen and oxygen atoms in total. The van der Waals surface area contributed by atoms with Gasteiger partial charge in [0.15, 0.2) is 5.78 Å². The molecule has 0 aliphatic rings. The number of carbonyl (C=O) groups excluding carboxylic acids is 1. The summed E-state index contributed by atoms with van der Waals surface area (Å²) in [6.45, 7) is 0. The first-order valence-electron chi connectivity index (χ1n) is 6.11. The molecule has 0 heterocycles. The van der Waals surface area contributed by atoms with Gasteiger partial charge in [0.1, 0.15) is 6.02 Å². The van der Waals surface area contributed by atoms with E-state index in [1.807, 2.05) is 0 Å². The minimum absolute atomic E-state index is 0. The summed E-state index contributed by atoms with van der Waals surface area (Å²) in [5.41, 5.74) is 9.67. The van der Waals surface area contributed by atoms with Crippen LogP contribution in [-0.4, -0.2) is 22.9 Å². The van der Waals surface area contributed by atoms with Crippen LogP contribution >= 0.6 is 25.1 Å². The molecular formula is C10H13ClN2O3S. The highest BCUT2D eigenvalue weighted by Crippen LogP contribution is 2.19. The molecule has 0 saturated carbocycles. The summed E-state index contributed by atoms with van der Waals surface area (Å²) in [5, 5.41) is 8.31. The number of hydrogen-bond donors (Lipinski definition) is 3. The second-order valence-corrected chi connectivity index (χ2v) is 3.29. The maximum absolute atomic E-state index is 11.9. The monoisotopic (exact) mass is 280 g/mol. The van der Waals surface area contributed by atoms with Crippen LogP contribution in [0.4, 0.5) is 5.69 Å². The Hall–Kier alpha value is -1.24. The van der Waals surface area contributed by atoms with Crippen LogP contribution in [0.15, 0.2) is 18.1 Å². The van der Waals surface area contributed by atoms with E-state index < -0.39 is 53.6 Å². The van der Waals surface area contributed by atoms with Gasteiger partial charge >= 0.3 is 5.97 Å². The van der Waals surface area contributed by atoms with E-state index >= 15 is 0 Å². The van der Waals surface area contributed by atoms with Crippen LogP contribution in [0, 0.1) is 0 Å². The summed E-state index contributed by atoms with van der Waals surface area (Å²) in [6, 6.07) is -4.29. The molecule has 1 aromatic rings. The summed E-state index contributed by atoms with van der Waals surface area (Å²) in [7, 11) is 0. The number of ketones is 1. The van der Waals surface area contributed by atoms with Crippen molar-refractivity contribution in [3.63, 3.8) is 0 Å². The Morgan fingerprint density at radius 1 is 1.59 bits per heavy atom. The largest absolute Gasteiger partial charge is 0.480 e. The molecular weight excluding hydrogens is 264 g/mol. The third kappa shape index (κ3) is 4.26. The van der Waals surface area contributed by atoms with Gasteiger partial charge in [-0.25, -0.2) is 0 Å². The molecule has 0 amide bonds. The van der Waals surface area contributed by atoms with Gasteiger partial charge in [0.2, 0.25) is 0 Å². The van der Waals surface area contributed by atoms with Gasteiger partial charge in [-0.15, -0.1) is 0 Å². The van der Waals surface area contributed by atoms with Crippen molar-refractivity contribution in [1.82, 2.24) is 0 Å². The number of benzene rings is 1. The summed E-state index contributed by atoms with van der Waals surface area (Å²) in [5.74, 6) is -2.73. The van der Waals surface area contributed by atoms with Crippen LogP contribution in [0.25, 0.3) is 0 Å². The number of rotatable bonds is 4. The molecule has 1 rings (SSSR count). The second kappa shape index (κ2) is 6.48. The predicted molar refractivity (Wildman–Crippen MR) is 70.8 cm³/mol. The Balaban J connectivity index is 0.00000400. The number of carboxylic acids is 1. The smallest absolute Gasteiger partial charge is 0.320 e. The first-order chi connectivity index (χ1) is 9.00. The van der Waals surface area contributed by atoms with E-state index in [0.29, 0.717) is 0 Å². The molecule has 7 heteroatoms. The standard InChI is InChI=1S/C10H11ClN2O3.H2S/c11-5-1-2-6(7(12)3-5)9(14)4-8(13)10(15)16;/h1-3,8H,4,12-13H2,(H,15,16);1H2/t8-;/m0./s1/i1D,2D,3D,8D;. The molecule has 0 fully saturated rings. The number of anilines is 1. The second-order valence-electron chi connectivity index (χ2n) is 2.91. The first-order valence-corrected chi connectivity index (χ1v) is 4.48. The number of carbonyl (C=O) groups is 2. The number of halogens is 1. The maximum Gasteiger partial charge on any atom is 0.320 e. The zero-order valence-electron chi connectivity index (χ0n) is 12.5. The Morgan fingerprint density at radius 3 is 2.71 bits per heavy atom. The average molecular weight is 281 g/mol. The SMILES string of the molecule is S.[2H]c1c([2H])c(C(=O)C[C@]([2H])(N)C(=O)O)c(N)c([2H])c1Cl. The Bertz CT molecular complexity index is 583. The quantitative estimate of drug-likeness (QED) is 0.564. The summed E-state index contributed by atoms with van der Waals surface area (Å²) in [4.78, 5) is 22.7. The lowest BCUT2D eigenvalue weighted by atomic mass is 10.0. The van der Waals surface area contributed by atoms with Crippen molar-refractivity contribution in [2.45, 2.75) is 12.4 Å². The van der Waals surface area contributed by atoms with Crippen LogP contribution < -0.4 is 11.5 Å². The minimum atomic E-state index is -2.58. The predicted octanol–water partition coefficient (Wildman–Crippen LogP) is 1.02. The minimum Gasteiger partial charge on any atom is -0.480 e. The Morgan fingerprint density at radius 2 is 2.18 bits per heavy atom. The lowest BCUT2D eigenvalue weighted by molar-refractivity contribution is -0.138. The number of nitrogen functional groups attached to an aromatic ring is 1. The van der Waals surface area contributed by atoms with Crippen molar-refractivity contribution < 1.29 is 20.2 Å². The van der Waals surface area contributed by atoms with Gasteiger partial charge in [-0.1, -0.05) is 11.6 Å². The van der Waals surface area contributed by atoms with E-state index in [4.69, 9.17) is 33.7 Å². The van der Waals surface area contributed by atoms with Crippen molar-refractivity contribution in [3.05, 3.63) is 28.7 Å². The van der Waals surface area contributed by atoms with Gasteiger partial charge in [0, 0.05) is 22.7 Å². The van der Waals surface area contributed by atoms with Gasteiger partial charge in [-0.3, -0.25) is 9.59 Å². The third-order valence-electron chi connectivity index (χ3n) is 1.72. The molecule has 0 aromatic heterocycles. The van der Waals surface area contributed by atoms with Gasteiger partial charge < -0.3 is 16.6 Å². The molecule has 0 aliphatic carbocycles. The van der Waals surface area contributed by atoms with Gasteiger partial charge in [0.25, 0.3) is 0 Å². The molecule has 0 bridgehead atoms. The van der Waals surface area contributed by atoms with Gasteiger partial charge in [-0.05, 0) is 18.1 Å². The fourth-order valence-corrected chi connectivity index (χ4v) is 1.10. The van der Waals surface area contributed by atoms with Crippen LogP contribution in [0.3, 0.4) is 0 Å². The maximum atomic E-state index is 11.9. The molecule has 94 valence electrons. The highest BCUT2D eigenvalue weighted by molar-refractivity contribution is 7.59. The van der Waals surface area contributed by atoms with Gasteiger partial charge in [-0.2, -0.15) is 13.5 Å².